The van der Waals surface area contributed by atoms with E-state index in [9.17, 15) is 14.4 Å². The van der Waals surface area contributed by atoms with Crippen LogP contribution in [0.3, 0.4) is 0 Å². The third-order valence-corrected chi connectivity index (χ3v) is 6.54. The summed E-state index contributed by atoms with van der Waals surface area (Å²) in [4.78, 5) is 42.4. The second-order valence-electron chi connectivity index (χ2n) is 7.44. The minimum Gasteiger partial charge on any atom is -0.327 e. The first-order chi connectivity index (χ1) is 14.5. The van der Waals surface area contributed by atoms with E-state index in [1.807, 2.05) is 25.4 Å². The molecule has 154 valence electrons. The third kappa shape index (κ3) is 3.99. The van der Waals surface area contributed by atoms with Crippen LogP contribution in [-0.2, 0) is 29.6 Å². The van der Waals surface area contributed by atoms with Gasteiger partial charge in [-0.25, -0.2) is 4.98 Å². The number of unbranched alkanes of at least 4 members (excludes halogenated alkanes) is 1. The average Bonchev–Trinajstić information content (AvgIpc) is 3.22. The van der Waals surface area contributed by atoms with Crippen LogP contribution in [0.2, 0.25) is 0 Å². The quantitative estimate of drug-likeness (QED) is 0.292. The van der Waals surface area contributed by atoms with Crippen molar-refractivity contribution in [3.63, 3.8) is 0 Å². The van der Waals surface area contributed by atoms with Gasteiger partial charge >= 0.3 is 0 Å². The molecule has 2 aromatic rings. The van der Waals surface area contributed by atoms with Gasteiger partial charge in [-0.1, -0.05) is 17.9 Å². The number of hydrogen-bond acceptors (Lipinski definition) is 4. The van der Waals surface area contributed by atoms with Gasteiger partial charge in [0.15, 0.2) is 0 Å². The summed E-state index contributed by atoms with van der Waals surface area (Å²) >= 11 is 2.26. The number of nitrogens with one attached hydrogen (secondary N) is 1. The molecule has 1 unspecified atom stereocenters. The van der Waals surface area contributed by atoms with Crippen molar-refractivity contribution in [3.05, 3.63) is 50.6 Å². The number of carbonyl (C=O) groups excluding carboxylic acids is 3. The molecule has 8 heteroatoms. The van der Waals surface area contributed by atoms with E-state index in [1.54, 1.807) is 11.0 Å². The molecule has 7 nitrogen and oxygen atoms in total. The Hall–Kier alpha value is -2.67. The van der Waals surface area contributed by atoms with Crippen LogP contribution in [0.4, 0.5) is 0 Å². The van der Waals surface area contributed by atoms with Gasteiger partial charge in [-0.15, -0.1) is 0 Å². The Labute approximate surface area is 188 Å². The normalized spacial score (nSPS) is 18.1. The number of amides is 3. The van der Waals surface area contributed by atoms with E-state index >= 15 is 0 Å². The predicted molar refractivity (Wildman–Crippen MR) is 118 cm³/mol. The molecule has 1 aromatic heterocycles. The number of rotatable bonds is 4. The second-order valence-corrected chi connectivity index (χ2v) is 8.55. The van der Waals surface area contributed by atoms with Crippen molar-refractivity contribution in [2.45, 2.75) is 44.7 Å². The summed E-state index contributed by atoms with van der Waals surface area (Å²) < 4.78 is 3.19. The molecule has 1 aromatic carbocycles. The fourth-order valence-electron chi connectivity index (χ4n) is 3.85. The second kappa shape index (κ2) is 8.60. The Kier molecular flexibility index (Phi) is 5.90. The molecule has 2 aliphatic rings. The van der Waals surface area contributed by atoms with Gasteiger partial charge in [0.25, 0.3) is 5.91 Å². The number of carbonyl (C=O) groups is 3. The molecular formula is C22H21IN4O3. The fraction of sp³-hybridized carbons (Fsp3) is 0.364. The van der Waals surface area contributed by atoms with E-state index in [0.29, 0.717) is 18.5 Å². The molecule has 1 saturated heterocycles. The first kappa shape index (κ1) is 20.6. The van der Waals surface area contributed by atoms with Crippen LogP contribution in [0.1, 0.15) is 53.0 Å². The van der Waals surface area contributed by atoms with Gasteiger partial charge in [0.2, 0.25) is 11.8 Å². The molecule has 1 N–H and O–H groups in total. The van der Waals surface area contributed by atoms with Gasteiger partial charge in [-0.05, 0) is 53.1 Å². The maximum absolute atomic E-state index is 12.8. The summed E-state index contributed by atoms with van der Waals surface area (Å²) in [5.41, 5.74) is 2.27. The minimum atomic E-state index is -0.607. The van der Waals surface area contributed by atoms with E-state index in [2.05, 4.69) is 49.3 Å². The van der Waals surface area contributed by atoms with Gasteiger partial charge in [0.05, 0.1) is 9.90 Å². The molecule has 4 rings (SSSR count). The number of halogens is 1. The van der Waals surface area contributed by atoms with Crippen LogP contribution in [0.5, 0.6) is 0 Å². The van der Waals surface area contributed by atoms with Crippen LogP contribution in [0.15, 0.2) is 24.4 Å². The van der Waals surface area contributed by atoms with Crippen LogP contribution in [0.25, 0.3) is 0 Å². The number of aromatic nitrogens is 2. The third-order valence-electron chi connectivity index (χ3n) is 5.53. The maximum Gasteiger partial charge on any atom is 0.255 e. The summed E-state index contributed by atoms with van der Waals surface area (Å²) in [5, 5.41) is 2.33. The summed E-state index contributed by atoms with van der Waals surface area (Å²) in [5.74, 6) is 6.60. The van der Waals surface area contributed by atoms with Crippen molar-refractivity contribution >= 4 is 40.3 Å². The largest absolute Gasteiger partial charge is 0.327 e. The highest BCUT2D eigenvalue weighted by Crippen LogP contribution is 2.29. The number of aryl methyl sites for hydroxylation is 1. The zero-order chi connectivity index (χ0) is 21.3. The lowest BCUT2D eigenvalue weighted by Gasteiger charge is -2.29. The van der Waals surface area contributed by atoms with Crippen LogP contribution in [0, 0.1) is 15.5 Å². The number of imidazole rings is 1. The maximum atomic E-state index is 12.8. The molecule has 1 atom stereocenters. The lowest BCUT2D eigenvalue weighted by atomic mass is 10.0. The molecule has 3 amide bonds. The number of fused-ring (bicyclic) bond motifs is 1. The molecule has 0 spiro atoms. The van der Waals surface area contributed by atoms with E-state index in [1.165, 1.54) is 0 Å². The molecule has 3 heterocycles. The minimum absolute atomic E-state index is 0.174. The number of nitrogens with zero attached hydrogens (tertiary/aromatic N) is 3. The van der Waals surface area contributed by atoms with Gasteiger partial charge in [0.1, 0.15) is 11.9 Å². The number of piperidine rings is 1. The molecule has 0 saturated carbocycles. The smallest absolute Gasteiger partial charge is 0.255 e. The Balaban J connectivity index is 1.43. The van der Waals surface area contributed by atoms with Crippen molar-refractivity contribution < 1.29 is 14.4 Å². The van der Waals surface area contributed by atoms with Crippen molar-refractivity contribution in [3.8, 4) is 11.8 Å². The molecule has 1 fully saturated rings. The van der Waals surface area contributed by atoms with Crippen molar-refractivity contribution in [1.29, 1.82) is 0 Å². The van der Waals surface area contributed by atoms with Gasteiger partial charge in [0, 0.05) is 44.0 Å². The highest BCUT2D eigenvalue weighted by atomic mass is 127. The van der Waals surface area contributed by atoms with Gasteiger partial charge in [-0.3, -0.25) is 19.7 Å². The zero-order valence-corrected chi connectivity index (χ0v) is 18.7. The summed E-state index contributed by atoms with van der Waals surface area (Å²) in [6.07, 6.45) is 4.97. The number of hydrogen-bond donors (Lipinski definition) is 1. The molecule has 30 heavy (non-hydrogen) atoms. The zero-order valence-electron chi connectivity index (χ0n) is 16.6. The van der Waals surface area contributed by atoms with Crippen molar-refractivity contribution in [2.75, 3.05) is 0 Å². The van der Waals surface area contributed by atoms with Crippen LogP contribution >= 0.6 is 22.6 Å². The summed E-state index contributed by atoms with van der Waals surface area (Å²) in [6, 6.07) is 4.90. The lowest BCUT2D eigenvalue weighted by molar-refractivity contribution is -0.136. The standard InChI is InChI=1S/C22H21IN4O3/c1-26-18(23)12-24-19(26)9-4-2-3-6-14-7-5-8-15-16(14)13-27(22(15)30)17-10-11-20(28)25-21(17)29/h5,7-8,12,17H,2,4,9-11,13H2,1H3,(H,25,28,29). The van der Waals surface area contributed by atoms with Gasteiger partial charge in [-0.2, -0.15) is 0 Å². The Bertz CT molecular complexity index is 1100. The Morgan fingerprint density at radius 3 is 2.87 bits per heavy atom. The monoisotopic (exact) mass is 516 g/mol. The van der Waals surface area contributed by atoms with E-state index in [4.69, 9.17) is 0 Å². The Morgan fingerprint density at radius 2 is 2.13 bits per heavy atom. The Morgan fingerprint density at radius 1 is 1.30 bits per heavy atom. The summed E-state index contributed by atoms with van der Waals surface area (Å²) in [6.45, 7) is 0.344. The fourth-order valence-corrected chi connectivity index (χ4v) is 4.27. The highest BCUT2D eigenvalue weighted by Gasteiger charge is 2.39. The van der Waals surface area contributed by atoms with Crippen molar-refractivity contribution in [2.24, 2.45) is 7.05 Å². The van der Waals surface area contributed by atoms with Crippen LogP contribution < -0.4 is 5.32 Å². The molecule has 0 aliphatic carbocycles. The van der Waals surface area contributed by atoms with E-state index in [-0.39, 0.29) is 18.2 Å². The molecule has 0 radical (unpaired) electrons. The van der Waals surface area contributed by atoms with Crippen LogP contribution in [-0.4, -0.2) is 38.2 Å². The molecular weight excluding hydrogens is 495 g/mol. The topological polar surface area (TPSA) is 84.3 Å². The number of benzene rings is 1. The summed E-state index contributed by atoms with van der Waals surface area (Å²) in [7, 11) is 2.01. The van der Waals surface area contributed by atoms with E-state index < -0.39 is 11.9 Å². The lowest BCUT2D eigenvalue weighted by Crippen LogP contribution is -2.52. The average molecular weight is 516 g/mol. The van der Waals surface area contributed by atoms with Gasteiger partial charge < -0.3 is 9.47 Å². The SMILES string of the molecule is Cn1c(I)cnc1CCCC#Cc1cccc2c1CN(C1CCC(=O)NC1=O)C2=O. The van der Waals surface area contributed by atoms with E-state index in [0.717, 1.165) is 39.9 Å². The predicted octanol–water partition coefficient (Wildman–Crippen LogP) is 2.16. The first-order valence-corrected chi connectivity index (χ1v) is 10.9. The van der Waals surface area contributed by atoms with Crippen molar-refractivity contribution in [1.82, 2.24) is 19.8 Å². The molecule has 0 bridgehead atoms. The first-order valence-electron chi connectivity index (χ1n) is 9.87. The molecule has 2 aliphatic heterocycles. The highest BCUT2D eigenvalue weighted by molar-refractivity contribution is 14.1. The number of imide groups is 1.